The summed E-state index contributed by atoms with van der Waals surface area (Å²) in [6.07, 6.45) is 5.69. The molecule has 0 atom stereocenters. The molecule has 9 nitrogen and oxygen atoms in total. The molecule has 9 heteroatoms. The zero-order chi connectivity index (χ0) is 13.1. The van der Waals surface area contributed by atoms with Gasteiger partial charge in [-0.1, -0.05) is 0 Å². The van der Waals surface area contributed by atoms with Gasteiger partial charge >= 0.3 is 0 Å². The summed E-state index contributed by atoms with van der Waals surface area (Å²) in [5.41, 5.74) is 0.791. The molecule has 18 heavy (non-hydrogen) atoms. The molecule has 1 N–H and O–H groups in total. The molecule has 1 aromatic rings. The molecule has 2 rings (SSSR count). The maximum Gasteiger partial charge on any atom is 0.197 e. The van der Waals surface area contributed by atoms with Gasteiger partial charge in [-0.25, -0.2) is 4.85 Å². The van der Waals surface area contributed by atoms with Crippen molar-refractivity contribution in [2.75, 3.05) is 6.54 Å². The van der Waals surface area contributed by atoms with E-state index in [-0.39, 0.29) is 0 Å². The van der Waals surface area contributed by atoms with Crippen molar-refractivity contribution in [2.45, 2.75) is 0 Å². The summed E-state index contributed by atoms with van der Waals surface area (Å²) in [6, 6.07) is 1.67. The number of nitrogens with one attached hydrogen (secondary N) is 1. The van der Waals surface area contributed by atoms with E-state index in [9.17, 15) is 0 Å². The Balaban J connectivity index is 0.000000232. The molecule has 0 bridgehead atoms. The van der Waals surface area contributed by atoms with Crippen LogP contribution in [-0.4, -0.2) is 32.9 Å². The fourth-order valence-corrected chi connectivity index (χ4v) is 0.792. The van der Waals surface area contributed by atoms with Crippen molar-refractivity contribution in [1.29, 1.82) is 5.26 Å². The summed E-state index contributed by atoms with van der Waals surface area (Å²) in [7, 11) is 0. The Morgan fingerprint density at radius 1 is 1.44 bits per heavy atom. The fourth-order valence-electron chi connectivity index (χ4n) is 0.792. The number of tetrazole rings is 1. The Morgan fingerprint density at radius 2 is 2.33 bits per heavy atom. The van der Waals surface area contributed by atoms with Crippen LogP contribution in [-0.2, 0) is 0 Å². The second-order valence-electron chi connectivity index (χ2n) is 2.66. The van der Waals surface area contributed by atoms with Crippen molar-refractivity contribution in [3.63, 3.8) is 0 Å². The van der Waals surface area contributed by atoms with E-state index in [1.807, 2.05) is 0 Å². The first-order chi connectivity index (χ1) is 8.86. The average Bonchev–Trinajstić information content (AvgIpc) is 3.07. The van der Waals surface area contributed by atoms with Gasteiger partial charge in [0.1, 0.15) is 6.54 Å². The SMILES string of the molecule is C(=C\c1nn[nH]n1)/C1=NN=NC1.[C-]#[N+]/C=C/C#N. The number of H-pyrrole nitrogens is 1. The lowest BCUT2D eigenvalue weighted by atomic mass is 10.3. The first-order valence-corrected chi connectivity index (χ1v) is 4.63. The molecule has 0 spiro atoms. The van der Waals surface area contributed by atoms with Gasteiger partial charge in [-0.3, -0.25) is 0 Å². The van der Waals surface area contributed by atoms with Gasteiger partial charge in [0.2, 0.25) is 0 Å². The number of nitriles is 1. The van der Waals surface area contributed by atoms with E-state index >= 15 is 0 Å². The molecule has 0 unspecified atom stereocenters. The predicted octanol–water partition coefficient (Wildman–Crippen LogP) is 0.978. The highest BCUT2D eigenvalue weighted by Gasteiger charge is 1.99. The first-order valence-electron chi connectivity index (χ1n) is 4.63. The van der Waals surface area contributed by atoms with Gasteiger partial charge in [0.25, 0.3) is 0 Å². The van der Waals surface area contributed by atoms with Crippen LogP contribution in [0.15, 0.2) is 33.8 Å². The molecule has 2 heterocycles. The molecule has 0 saturated heterocycles. The third kappa shape index (κ3) is 5.04. The van der Waals surface area contributed by atoms with Gasteiger partial charge in [0, 0.05) is 6.08 Å². The number of aromatic amines is 1. The summed E-state index contributed by atoms with van der Waals surface area (Å²) in [4.78, 5) is 2.77. The van der Waals surface area contributed by atoms with E-state index in [2.05, 4.69) is 40.9 Å². The van der Waals surface area contributed by atoms with Crippen LogP contribution in [0.3, 0.4) is 0 Å². The minimum absolute atomic E-state index is 0.518. The summed E-state index contributed by atoms with van der Waals surface area (Å²) >= 11 is 0. The van der Waals surface area contributed by atoms with Crippen molar-refractivity contribution >= 4 is 11.8 Å². The molecule has 0 fully saturated rings. The number of rotatable bonds is 2. The van der Waals surface area contributed by atoms with Crippen LogP contribution in [0.5, 0.6) is 0 Å². The minimum atomic E-state index is 0.518. The lowest BCUT2D eigenvalue weighted by Crippen LogP contribution is -1.92. The molecule has 0 radical (unpaired) electrons. The van der Waals surface area contributed by atoms with Gasteiger partial charge in [-0.2, -0.15) is 15.6 Å². The van der Waals surface area contributed by atoms with Gasteiger partial charge in [0.15, 0.2) is 12.0 Å². The largest absolute Gasteiger partial charge is 0.245 e. The number of hydrogen-bond acceptors (Lipinski definition) is 7. The van der Waals surface area contributed by atoms with Crippen LogP contribution in [0.1, 0.15) is 5.82 Å². The molecule has 0 aromatic carbocycles. The van der Waals surface area contributed by atoms with Crippen molar-refractivity contribution in [2.24, 2.45) is 15.4 Å². The van der Waals surface area contributed by atoms with Crippen LogP contribution in [0, 0.1) is 17.9 Å². The second-order valence-corrected chi connectivity index (χ2v) is 2.66. The standard InChI is InChI=1S/C5H5N7.C4H2N2/c1(4-3-6-10-7-4)2-5-8-11-12-9-5;1-6-4-2-3-5/h1-2H,3H2,(H,8,9,11,12);2,4H/b2-1+;4-2+. The molecule has 0 aliphatic carbocycles. The Labute approximate surface area is 102 Å². The minimum Gasteiger partial charge on any atom is -0.245 e. The maximum absolute atomic E-state index is 7.72. The smallest absolute Gasteiger partial charge is 0.197 e. The van der Waals surface area contributed by atoms with Crippen molar-refractivity contribution in [3.8, 4) is 6.07 Å². The summed E-state index contributed by atoms with van der Waals surface area (Å²) < 4.78 is 0. The Bertz CT molecular complexity index is 534. The van der Waals surface area contributed by atoms with E-state index in [0.29, 0.717) is 12.4 Å². The van der Waals surface area contributed by atoms with Crippen LogP contribution >= 0.6 is 0 Å². The number of nitrogens with zero attached hydrogens (tertiary/aromatic N) is 8. The van der Waals surface area contributed by atoms with E-state index in [1.165, 1.54) is 0 Å². The van der Waals surface area contributed by atoms with Crippen LogP contribution in [0.2, 0.25) is 0 Å². The average molecular weight is 241 g/mol. The molecular weight excluding hydrogens is 234 g/mol. The normalized spacial score (nSPS) is 12.9. The maximum atomic E-state index is 7.72. The summed E-state index contributed by atoms with van der Waals surface area (Å²) in [5.74, 6) is 0.518. The molecule has 88 valence electrons. The van der Waals surface area contributed by atoms with Crippen LogP contribution in [0.4, 0.5) is 0 Å². The highest BCUT2D eigenvalue weighted by molar-refractivity contribution is 5.99. The van der Waals surface area contributed by atoms with Crippen molar-refractivity contribution in [3.05, 3.63) is 35.6 Å². The van der Waals surface area contributed by atoms with E-state index in [1.54, 1.807) is 18.2 Å². The highest BCUT2D eigenvalue weighted by Crippen LogP contribution is 1.97. The fraction of sp³-hybridized carbons (Fsp3) is 0.111. The van der Waals surface area contributed by atoms with E-state index in [4.69, 9.17) is 11.8 Å². The lowest BCUT2D eigenvalue weighted by Gasteiger charge is -1.81. The van der Waals surface area contributed by atoms with Gasteiger partial charge in [-0.05, 0) is 22.6 Å². The Hall–Kier alpha value is -3.20. The second kappa shape index (κ2) is 8.01. The summed E-state index contributed by atoms with van der Waals surface area (Å²) in [6.45, 7) is 6.62. The van der Waals surface area contributed by atoms with E-state index < -0.39 is 0 Å². The molecule has 0 amide bonds. The van der Waals surface area contributed by atoms with Gasteiger partial charge in [0.05, 0.1) is 18.4 Å². The third-order valence-corrected chi connectivity index (χ3v) is 1.48. The first kappa shape index (κ1) is 12.9. The van der Waals surface area contributed by atoms with Crippen LogP contribution in [0.25, 0.3) is 10.9 Å². The quantitative estimate of drug-likeness (QED) is 0.612. The monoisotopic (exact) mass is 241 g/mol. The predicted molar refractivity (Wildman–Crippen MR) is 61.7 cm³/mol. The third-order valence-electron chi connectivity index (χ3n) is 1.48. The Kier molecular flexibility index (Phi) is 5.73. The highest BCUT2D eigenvalue weighted by atomic mass is 15.5. The number of allylic oxidation sites excluding steroid dienone is 1. The molecule has 0 saturated carbocycles. The molecule has 1 aliphatic heterocycles. The van der Waals surface area contributed by atoms with Crippen molar-refractivity contribution in [1.82, 2.24) is 20.6 Å². The van der Waals surface area contributed by atoms with Crippen molar-refractivity contribution < 1.29 is 0 Å². The zero-order valence-corrected chi connectivity index (χ0v) is 9.09. The molecular formula is C9H7N9. The van der Waals surface area contributed by atoms with E-state index in [0.717, 1.165) is 18.0 Å². The molecule has 1 aliphatic rings. The van der Waals surface area contributed by atoms with Gasteiger partial charge < -0.3 is 0 Å². The number of hydrogen-bond donors (Lipinski definition) is 1. The van der Waals surface area contributed by atoms with Gasteiger partial charge in [-0.15, -0.1) is 15.3 Å². The zero-order valence-electron chi connectivity index (χ0n) is 9.09. The summed E-state index contributed by atoms with van der Waals surface area (Å²) in [5, 5.41) is 31.8. The molecule has 1 aromatic heterocycles. The topological polar surface area (TPSA) is 120 Å². The number of aromatic nitrogens is 4. The van der Waals surface area contributed by atoms with Crippen LogP contribution < -0.4 is 0 Å². The lowest BCUT2D eigenvalue weighted by molar-refractivity contribution is 0.881. The Morgan fingerprint density at radius 3 is 2.83 bits per heavy atom.